The molecule has 0 aliphatic heterocycles. The molecule has 0 rings (SSSR count). The molecule has 3 atom stereocenters. The van der Waals surface area contributed by atoms with Crippen molar-refractivity contribution >= 4 is 11.9 Å². The Kier molecular flexibility index (Phi) is 49.0. The summed E-state index contributed by atoms with van der Waals surface area (Å²) in [6, 6.07) is -0.707. The van der Waals surface area contributed by atoms with Gasteiger partial charge in [0.15, 0.2) is 0 Å². The Bertz CT molecular complexity index is 981. The number of hydrogen-bond donors (Lipinski definition) is 3. The lowest BCUT2D eigenvalue weighted by atomic mass is 10.0. The van der Waals surface area contributed by atoms with Gasteiger partial charge in [-0.05, 0) is 44.9 Å². The lowest BCUT2D eigenvalue weighted by Crippen LogP contribution is -2.46. The van der Waals surface area contributed by atoms with Crippen LogP contribution in [0.4, 0.5) is 0 Å². The van der Waals surface area contributed by atoms with Gasteiger partial charge in [-0.25, -0.2) is 0 Å². The molecule has 366 valence electrons. The highest BCUT2D eigenvalue weighted by Crippen LogP contribution is 2.18. The van der Waals surface area contributed by atoms with Crippen LogP contribution in [-0.2, 0) is 14.3 Å². The number of rotatable bonds is 50. The van der Waals surface area contributed by atoms with Crippen LogP contribution in [0.3, 0.4) is 0 Å². The standard InChI is InChI=1S/C56H107NO5/c1-4-7-10-13-16-19-22-25-27-28-30-32-35-38-41-44-47-52(62-56(61)49-46-43-40-37-34-29-24-21-18-15-12-9-6-3)50-55(60)57-53(51-58)54(59)48-45-42-39-36-33-31-26-23-20-17-14-11-8-5-2/h29,34,40,43,52-54,58-59H,4-28,30-33,35-39,41-42,44-51H2,1-3H3,(H,57,60)/b34-29-,43-40+. The van der Waals surface area contributed by atoms with Crippen LogP contribution in [0, 0.1) is 0 Å². The maximum absolute atomic E-state index is 13.2. The van der Waals surface area contributed by atoms with E-state index >= 15 is 0 Å². The molecule has 0 aromatic heterocycles. The molecule has 6 heteroatoms. The molecule has 0 aliphatic carbocycles. The third-order valence-corrected chi connectivity index (χ3v) is 12.8. The number of carbonyl (C=O) groups excluding carboxylic acids is 2. The topological polar surface area (TPSA) is 95.9 Å². The Morgan fingerprint density at radius 1 is 0.468 bits per heavy atom. The van der Waals surface area contributed by atoms with Gasteiger partial charge in [0.25, 0.3) is 0 Å². The van der Waals surface area contributed by atoms with E-state index in [1.54, 1.807) is 0 Å². The number of unbranched alkanes of at least 4 members (excludes halogenated alkanes) is 34. The van der Waals surface area contributed by atoms with Gasteiger partial charge < -0.3 is 20.3 Å². The fraction of sp³-hybridized carbons (Fsp3) is 0.893. The normalized spacial score (nSPS) is 13.3. The summed E-state index contributed by atoms with van der Waals surface area (Å²) in [5.41, 5.74) is 0. The molecule has 0 spiro atoms. The molecule has 62 heavy (non-hydrogen) atoms. The van der Waals surface area contributed by atoms with Gasteiger partial charge in [-0.15, -0.1) is 0 Å². The molecular weight excluding hydrogens is 767 g/mol. The van der Waals surface area contributed by atoms with Gasteiger partial charge in [0, 0.05) is 6.42 Å². The second-order valence-electron chi connectivity index (χ2n) is 19.0. The first-order valence-electron chi connectivity index (χ1n) is 27.6. The van der Waals surface area contributed by atoms with E-state index in [1.807, 2.05) is 0 Å². The highest BCUT2D eigenvalue weighted by atomic mass is 16.5. The van der Waals surface area contributed by atoms with Gasteiger partial charge in [0.1, 0.15) is 6.10 Å². The van der Waals surface area contributed by atoms with E-state index < -0.39 is 18.2 Å². The molecule has 0 aromatic carbocycles. The van der Waals surface area contributed by atoms with E-state index in [1.165, 1.54) is 205 Å². The molecule has 0 aromatic rings. The second-order valence-corrected chi connectivity index (χ2v) is 19.0. The van der Waals surface area contributed by atoms with Crippen molar-refractivity contribution in [1.29, 1.82) is 0 Å². The molecule has 0 fully saturated rings. The van der Waals surface area contributed by atoms with Crippen molar-refractivity contribution in [2.45, 2.75) is 315 Å². The zero-order valence-corrected chi connectivity index (χ0v) is 41.8. The lowest BCUT2D eigenvalue weighted by Gasteiger charge is -2.24. The number of aliphatic hydroxyl groups is 2. The van der Waals surface area contributed by atoms with Gasteiger partial charge in [0.2, 0.25) is 5.91 Å². The molecule has 0 saturated heterocycles. The Hall–Kier alpha value is -1.66. The second kappa shape index (κ2) is 50.3. The smallest absolute Gasteiger partial charge is 0.306 e. The van der Waals surface area contributed by atoms with E-state index in [0.717, 1.165) is 38.5 Å². The minimum atomic E-state index is -0.792. The molecule has 6 nitrogen and oxygen atoms in total. The predicted molar refractivity (Wildman–Crippen MR) is 269 cm³/mol. The Morgan fingerprint density at radius 2 is 0.823 bits per heavy atom. The average molecular weight is 874 g/mol. The molecule has 3 unspecified atom stereocenters. The van der Waals surface area contributed by atoms with E-state index in [9.17, 15) is 19.8 Å². The molecule has 3 N–H and O–H groups in total. The van der Waals surface area contributed by atoms with Gasteiger partial charge in [-0.2, -0.15) is 0 Å². The number of amides is 1. The third kappa shape index (κ3) is 44.9. The van der Waals surface area contributed by atoms with Crippen LogP contribution in [0.25, 0.3) is 0 Å². The van der Waals surface area contributed by atoms with Crippen molar-refractivity contribution in [2.75, 3.05) is 6.61 Å². The van der Waals surface area contributed by atoms with Crippen molar-refractivity contribution in [3.63, 3.8) is 0 Å². The monoisotopic (exact) mass is 874 g/mol. The van der Waals surface area contributed by atoms with Crippen molar-refractivity contribution in [2.24, 2.45) is 0 Å². The van der Waals surface area contributed by atoms with Gasteiger partial charge >= 0.3 is 5.97 Å². The summed E-state index contributed by atoms with van der Waals surface area (Å²) in [5, 5.41) is 23.8. The van der Waals surface area contributed by atoms with Crippen LogP contribution in [-0.4, -0.2) is 46.9 Å². The van der Waals surface area contributed by atoms with Crippen LogP contribution in [0.15, 0.2) is 24.3 Å². The highest BCUT2D eigenvalue weighted by Gasteiger charge is 2.24. The number of allylic oxidation sites excluding steroid dienone is 4. The molecule has 0 bridgehead atoms. The fourth-order valence-corrected chi connectivity index (χ4v) is 8.60. The Labute approximate surface area is 386 Å². The fourth-order valence-electron chi connectivity index (χ4n) is 8.60. The van der Waals surface area contributed by atoms with Crippen LogP contribution in [0.2, 0.25) is 0 Å². The highest BCUT2D eigenvalue weighted by molar-refractivity contribution is 5.77. The molecule has 0 saturated carbocycles. The number of aliphatic hydroxyl groups excluding tert-OH is 2. The van der Waals surface area contributed by atoms with Crippen LogP contribution < -0.4 is 5.32 Å². The molecule has 0 radical (unpaired) electrons. The van der Waals surface area contributed by atoms with Crippen molar-refractivity contribution in [1.82, 2.24) is 5.32 Å². The quantitative estimate of drug-likeness (QED) is 0.0321. The molecule has 0 aliphatic rings. The van der Waals surface area contributed by atoms with Gasteiger partial charge in [-0.1, -0.05) is 263 Å². The Morgan fingerprint density at radius 3 is 1.23 bits per heavy atom. The number of hydrogen-bond acceptors (Lipinski definition) is 5. The number of ether oxygens (including phenoxy) is 1. The summed E-state index contributed by atoms with van der Waals surface area (Å²) in [5.74, 6) is -0.537. The van der Waals surface area contributed by atoms with Crippen LogP contribution in [0.5, 0.6) is 0 Å². The summed E-state index contributed by atoms with van der Waals surface area (Å²) in [7, 11) is 0. The van der Waals surface area contributed by atoms with E-state index in [4.69, 9.17) is 4.74 Å². The largest absolute Gasteiger partial charge is 0.462 e. The lowest BCUT2D eigenvalue weighted by molar-refractivity contribution is -0.150. The average Bonchev–Trinajstić information content (AvgIpc) is 3.26. The first-order valence-corrected chi connectivity index (χ1v) is 27.6. The summed E-state index contributed by atoms with van der Waals surface area (Å²) in [6.45, 7) is 6.49. The third-order valence-electron chi connectivity index (χ3n) is 12.8. The summed E-state index contributed by atoms with van der Waals surface area (Å²) >= 11 is 0. The maximum atomic E-state index is 13.2. The predicted octanol–water partition coefficient (Wildman–Crippen LogP) is 16.7. The van der Waals surface area contributed by atoms with Crippen LogP contribution in [0.1, 0.15) is 297 Å². The molecular formula is C56H107NO5. The Balaban J connectivity index is 4.58. The van der Waals surface area contributed by atoms with Crippen molar-refractivity contribution < 1.29 is 24.5 Å². The minimum absolute atomic E-state index is 0.0613. The number of esters is 1. The van der Waals surface area contributed by atoms with E-state index in [-0.39, 0.29) is 24.9 Å². The zero-order valence-electron chi connectivity index (χ0n) is 41.8. The van der Waals surface area contributed by atoms with E-state index in [2.05, 4.69) is 50.4 Å². The first-order chi connectivity index (χ1) is 30.5. The van der Waals surface area contributed by atoms with Crippen molar-refractivity contribution in [3.05, 3.63) is 24.3 Å². The zero-order chi connectivity index (χ0) is 45.2. The molecule has 0 heterocycles. The summed E-state index contributed by atoms with van der Waals surface area (Å²) < 4.78 is 5.91. The minimum Gasteiger partial charge on any atom is -0.462 e. The SMILES string of the molecule is CCCCCCCC/C=C\C/C=C/CCC(=O)OC(CCCCCCCCCCCCCCCCCC)CC(=O)NC(CO)C(O)CCCCCCCCCCCCCCCC. The van der Waals surface area contributed by atoms with Crippen LogP contribution >= 0.6 is 0 Å². The first kappa shape index (κ1) is 60.3. The van der Waals surface area contributed by atoms with Crippen molar-refractivity contribution in [3.8, 4) is 0 Å². The summed E-state index contributed by atoms with van der Waals surface area (Å²) in [4.78, 5) is 26.2. The molecule has 1 amide bonds. The van der Waals surface area contributed by atoms with Gasteiger partial charge in [0.05, 0.1) is 25.2 Å². The van der Waals surface area contributed by atoms with E-state index in [0.29, 0.717) is 25.7 Å². The maximum Gasteiger partial charge on any atom is 0.306 e. The number of carbonyl (C=O) groups is 2. The van der Waals surface area contributed by atoms with Gasteiger partial charge in [-0.3, -0.25) is 9.59 Å². The number of nitrogens with one attached hydrogen (secondary N) is 1. The summed E-state index contributed by atoms with van der Waals surface area (Å²) in [6.07, 6.45) is 58.2.